The number of rotatable bonds is 6. The molecule has 0 saturated carbocycles. The first kappa shape index (κ1) is 24.1. The molecule has 0 radical (unpaired) electrons. The second kappa shape index (κ2) is 10.2. The van der Waals surface area contributed by atoms with Crippen molar-refractivity contribution < 1.29 is 13.2 Å². The van der Waals surface area contributed by atoms with E-state index in [-0.39, 0.29) is 23.9 Å². The van der Waals surface area contributed by atoms with Crippen molar-refractivity contribution in [3.05, 3.63) is 82.7 Å². The normalized spacial score (nSPS) is 14.4. The molecule has 1 aliphatic rings. The first-order chi connectivity index (χ1) is 17.5. The molecule has 0 aliphatic carbocycles. The Morgan fingerprint density at radius 2 is 1.81 bits per heavy atom. The summed E-state index contributed by atoms with van der Waals surface area (Å²) in [6.45, 7) is 1.50. The van der Waals surface area contributed by atoms with E-state index in [0.717, 1.165) is 15.6 Å². The van der Waals surface area contributed by atoms with Crippen LogP contribution in [0.4, 0.5) is 11.4 Å². The van der Waals surface area contributed by atoms with E-state index in [2.05, 4.69) is 15.2 Å². The highest BCUT2D eigenvalue weighted by Gasteiger charge is 2.29. The topological polar surface area (TPSA) is 106 Å². The van der Waals surface area contributed by atoms with Gasteiger partial charge in [-0.05, 0) is 41.8 Å². The monoisotopic (exact) mass is 535 g/mol. The zero-order valence-corrected chi connectivity index (χ0v) is 21.4. The van der Waals surface area contributed by atoms with Gasteiger partial charge < -0.3 is 10.2 Å². The van der Waals surface area contributed by atoms with Crippen LogP contribution in [-0.2, 0) is 10.0 Å². The Bertz CT molecular complexity index is 1530. The average molecular weight is 536 g/mol. The number of anilines is 2. The number of hydrogen-bond acceptors (Lipinski definition) is 8. The molecule has 5 rings (SSSR count). The third kappa shape index (κ3) is 4.89. The number of nitriles is 1. The fourth-order valence-electron chi connectivity index (χ4n) is 3.98. The minimum Gasteiger partial charge on any atom is -0.367 e. The van der Waals surface area contributed by atoms with Crippen molar-refractivity contribution >= 4 is 50.0 Å². The van der Waals surface area contributed by atoms with Gasteiger partial charge in [-0.1, -0.05) is 24.3 Å². The summed E-state index contributed by atoms with van der Waals surface area (Å²) in [6.07, 6.45) is 0. The number of sulfonamides is 1. The number of para-hydroxylation sites is 2. The highest BCUT2D eigenvalue weighted by molar-refractivity contribution is 7.89. The summed E-state index contributed by atoms with van der Waals surface area (Å²) in [6, 6.07) is 19.4. The molecule has 4 aromatic rings. The second-order valence-electron chi connectivity index (χ2n) is 8.02. The van der Waals surface area contributed by atoms with Gasteiger partial charge >= 0.3 is 0 Å². The fraction of sp³-hybridized carbons (Fsp3) is 0.160. The van der Waals surface area contributed by atoms with Crippen LogP contribution < -0.4 is 10.2 Å². The minimum absolute atomic E-state index is 0.118. The van der Waals surface area contributed by atoms with Gasteiger partial charge in [-0.15, -0.1) is 22.7 Å². The van der Waals surface area contributed by atoms with E-state index in [0.29, 0.717) is 30.0 Å². The van der Waals surface area contributed by atoms with Crippen molar-refractivity contribution in [1.29, 1.82) is 5.26 Å². The number of thiazole rings is 1. The number of piperazine rings is 1. The second-order valence-corrected chi connectivity index (χ2v) is 11.8. The van der Waals surface area contributed by atoms with Crippen LogP contribution >= 0.6 is 22.7 Å². The number of nitrogens with zero attached hydrogens (tertiary/aromatic N) is 4. The molecule has 1 N–H and O–H groups in total. The number of aromatic nitrogens is 1. The molecule has 2 aromatic heterocycles. The molecule has 2 aromatic carbocycles. The SMILES string of the molecule is N#Cc1cccc(S(=O)(=O)N2CCN(c3ccccc3NC(=O)c3csc(-c4cccs4)n3)CC2)c1. The predicted molar refractivity (Wildman–Crippen MR) is 142 cm³/mol. The molecule has 36 heavy (non-hydrogen) atoms. The highest BCUT2D eigenvalue weighted by Crippen LogP contribution is 2.30. The Hall–Kier alpha value is -3.56. The van der Waals surface area contributed by atoms with E-state index in [4.69, 9.17) is 5.26 Å². The molecule has 11 heteroatoms. The summed E-state index contributed by atoms with van der Waals surface area (Å²) in [5.41, 5.74) is 2.13. The van der Waals surface area contributed by atoms with Gasteiger partial charge in [0.15, 0.2) is 0 Å². The molecule has 0 spiro atoms. The summed E-state index contributed by atoms with van der Waals surface area (Å²) < 4.78 is 27.6. The van der Waals surface area contributed by atoms with E-state index in [1.165, 1.54) is 27.8 Å². The summed E-state index contributed by atoms with van der Waals surface area (Å²) in [7, 11) is -3.70. The van der Waals surface area contributed by atoms with Crippen LogP contribution in [0, 0.1) is 11.3 Å². The lowest BCUT2D eigenvalue weighted by molar-refractivity contribution is 0.102. The van der Waals surface area contributed by atoms with Gasteiger partial charge in [0, 0.05) is 31.6 Å². The average Bonchev–Trinajstić information content (AvgIpc) is 3.62. The van der Waals surface area contributed by atoms with Crippen molar-refractivity contribution in [2.24, 2.45) is 0 Å². The zero-order chi connectivity index (χ0) is 25.1. The van der Waals surface area contributed by atoms with Crippen LogP contribution in [0.5, 0.6) is 0 Å². The molecule has 0 unspecified atom stereocenters. The van der Waals surface area contributed by atoms with Crippen LogP contribution in [0.3, 0.4) is 0 Å². The Kier molecular flexibility index (Phi) is 6.84. The smallest absolute Gasteiger partial charge is 0.275 e. The largest absolute Gasteiger partial charge is 0.367 e. The summed E-state index contributed by atoms with van der Waals surface area (Å²) >= 11 is 3.01. The summed E-state index contributed by atoms with van der Waals surface area (Å²) in [5.74, 6) is -0.292. The van der Waals surface area contributed by atoms with Crippen molar-refractivity contribution in [2.75, 3.05) is 36.4 Å². The Labute approximate surface area is 217 Å². The van der Waals surface area contributed by atoms with Gasteiger partial charge in [-0.3, -0.25) is 4.79 Å². The quantitative estimate of drug-likeness (QED) is 0.390. The van der Waals surface area contributed by atoms with E-state index in [1.807, 2.05) is 47.8 Å². The number of carbonyl (C=O) groups excluding carboxylic acids is 1. The standard InChI is InChI=1S/C25H21N5O3S3/c26-16-18-5-3-6-19(15-18)36(32,33)30-12-10-29(11-13-30)22-8-2-1-7-20(22)27-24(31)21-17-35-25(28-21)23-9-4-14-34-23/h1-9,14-15,17H,10-13H2,(H,27,31). The van der Waals surface area contributed by atoms with Crippen LogP contribution in [0.2, 0.25) is 0 Å². The van der Waals surface area contributed by atoms with E-state index in [9.17, 15) is 13.2 Å². The van der Waals surface area contributed by atoms with Gasteiger partial charge in [0.25, 0.3) is 5.91 Å². The molecule has 3 heterocycles. The number of nitrogens with one attached hydrogen (secondary N) is 1. The first-order valence-electron chi connectivity index (χ1n) is 11.1. The molecule has 1 amide bonds. The van der Waals surface area contributed by atoms with Gasteiger partial charge in [0.2, 0.25) is 10.0 Å². The van der Waals surface area contributed by atoms with E-state index in [1.54, 1.807) is 28.8 Å². The number of hydrogen-bond donors (Lipinski definition) is 1. The minimum atomic E-state index is -3.70. The van der Waals surface area contributed by atoms with Crippen LogP contribution in [-0.4, -0.2) is 49.8 Å². The molecular weight excluding hydrogens is 515 g/mol. The first-order valence-corrected chi connectivity index (χ1v) is 14.3. The lowest BCUT2D eigenvalue weighted by atomic mass is 10.2. The van der Waals surface area contributed by atoms with Crippen molar-refractivity contribution in [1.82, 2.24) is 9.29 Å². The predicted octanol–water partition coefficient (Wildman–Crippen LogP) is 4.51. The zero-order valence-electron chi connectivity index (χ0n) is 19.0. The van der Waals surface area contributed by atoms with Gasteiger partial charge in [-0.2, -0.15) is 9.57 Å². The summed E-state index contributed by atoms with van der Waals surface area (Å²) in [4.78, 5) is 20.6. The van der Waals surface area contributed by atoms with E-state index >= 15 is 0 Å². The Balaban J connectivity index is 1.28. The fourth-order valence-corrected chi connectivity index (χ4v) is 7.06. The number of benzene rings is 2. The highest BCUT2D eigenvalue weighted by atomic mass is 32.2. The third-order valence-corrected chi connectivity index (χ3v) is 9.58. The van der Waals surface area contributed by atoms with Crippen LogP contribution in [0.1, 0.15) is 16.1 Å². The lowest BCUT2D eigenvalue weighted by Crippen LogP contribution is -2.48. The van der Waals surface area contributed by atoms with Crippen molar-refractivity contribution in [2.45, 2.75) is 4.90 Å². The van der Waals surface area contributed by atoms with Gasteiger partial charge in [0.1, 0.15) is 10.7 Å². The Morgan fingerprint density at radius 3 is 2.56 bits per heavy atom. The lowest BCUT2D eigenvalue weighted by Gasteiger charge is -2.36. The maximum atomic E-state index is 13.1. The number of thiophene rings is 1. The molecule has 0 atom stereocenters. The molecule has 8 nitrogen and oxygen atoms in total. The maximum Gasteiger partial charge on any atom is 0.275 e. The number of amides is 1. The molecular formula is C25H21N5O3S3. The maximum absolute atomic E-state index is 13.1. The number of carbonyl (C=O) groups is 1. The molecule has 0 bridgehead atoms. The van der Waals surface area contributed by atoms with Crippen LogP contribution in [0.25, 0.3) is 9.88 Å². The van der Waals surface area contributed by atoms with Gasteiger partial charge in [-0.25, -0.2) is 13.4 Å². The third-order valence-electron chi connectivity index (χ3n) is 5.80. The molecule has 1 aliphatic heterocycles. The summed E-state index contributed by atoms with van der Waals surface area (Å²) in [5, 5.41) is 16.6. The van der Waals surface area contributed by atoms with E-state index < -0.39 is 10.0 Å². The van der Waals surface area contributed by atoms with Crippen molar-refractivity contribution in [3.63, 3.8) is 0 Å². The molecule has 1 fully saturated rings. The van der Waals surface area contributed by atoms with Gasteiger partial charge in [0.05, 0.1) is 32.8 Å². The van der Waals surface area contributed by atoms with Crippen LogP contribution in [0.15, 0.2) is 76.3 Å². The Morgan fingerprint density at radius 1 is 1.00 bits per heavy atom. The molecule has 1 saturated heterocycles. The molecule has 182 valence electrons. The van der Waals surface area contributed by atoms with Crippen molar-refractivity contribution in [3.8, 4) is 16.0 Å².